The van der Waals surface area contributed by atoms with Gasteiger partial charge >= 0.3 is 0 Å². The van der Waals surface area contributed by atoms with Gasteiger partial charge in [-0.2, -0.15) is 0 Å². The highest BCUT2D eigenvalue weighted by molar-refractivity contribution is 5.85. The van der Waals surface area contributed by atoms with Crippen LogP contribution in [0, 0.1) is 0 Å². The molecule has 6 heteroatoms. The number of ether oxygens (including phenoxy) is 4. The fourth-order valence-corrected chi connectivity index (χ4v) is 3.51. The summed E-state index contributed by atoms with van der Waals surface area (Å²) in [5.41, 5.74) is 1.90. The summed E-state index contributed by atoms with van der Waals surface area (Å²) in [4.78, 5) is 2.01. The van der Waals surface area contributed by atoms with Crippen LogP contribution in [0.5, 0.6) is 11.5 Å². The first-order valence-electron chi connectivity index (χ1n) is 7.96. The van der Waals surface area contributed by atoms with E-state index >= 15 is 0 Å². The molecule has 3 rings (SSSR count). The van der Waals surface area contributed by atoms with Crippen LogP contribution in [0.15, 0.2) is 17.7 Å². The lowest BCUT2D eigenvalue weighted by atomic mass is 9.92. The zero-order valence-corrected chi connectivity index (χ0v) is 15.0. The first kappa shape index (κ1) is 16.9. The number of hydrogen-bond acceptors (Lipinski definition) is 6. The minimum atomic E-state index is -0.933. The third kappa shape index (κ3) is 2.41. The van der Waals surface area contributed by atoms with Crippen molar-refractivity contribution in [1.82, 2.24) is 0 Å². The van der Waals surface area contributed by atoms with Gasteiger partial charge in [-0.05, 0) is 26.0 Å². The third-order valence-corrected chi connectivity index (χ3v) is 4.75. The van der Waals surface area contributed by atoms with Gasteiger partial charge in [0, 0.05) is 24.6 Å². The molecule has 0 bridgehead atoms. The highest BCUT2D eigenvalue weighted by atomic mass is 16.5. The third-order valence-electron chi connectivity index (χ3n) is 4.75. The van der Waals surface area contributed by atoms with Crippen molar-refractivity contribution in [2.24, 2.45) is 0 Å². The predicted molar refractivity (Wildman–Crippen MR) is 91.5 cm³/mol. The van der Waals surface area contributed by atoms with Gasteiger partial charge in [-0.25, -0.2) is 0 Å². The number of likely N-dealkylation sites (N-methyl/N-ethyl adjacent to an activating group) is 1. The monoisotopic (exact) mass is 335 g/mol. The largest absolute Gasteiger partial charge is 0.496 e. The van der Waals surface area contributed by atoms with E-state index in [-0.39, 0.29) is 12.3 Å². The van der Waals surface area contributed by atoms with Gasteiger partial charge in [-0.3, -0.25) is 0 Å². The van der Waals surface area contributed by atoms with Crippen LogP contribution in [0.4, 0.5) is 5.69 Å². The molecule has 132 valence electrons. The van der Waals surface area contributed by atoms with Crippen molar-refractivity contribution in [3.8, 4) is 11.5 Å². The number of nitrogens with zero attached hydrogens (tertiary/aromatic N) is 1. The Morgan fingerprint density at radius 3 is 2.42 bits per heavy atom. The molecule has 2 aliphatic rings. The first-order chi connectivity index (χ1) is 11.3. The topological polar surface area (TPSA) is 60.4 Å². The van der Waals surface area contributed by atoms with E-state index in [0.29, 0.717) is 17.9 Å². The van der Waals surface area contributed by atoms with Gasteiger partial charge in [-0.1, -0.05) is 0 Å². The summed E-state index contributed by atoms with van der Waals surface area (Å²) in [5, 5.41) is 10.4. The molecule has 1 saturated heterocycles. The average molecular weight is 335 g/mol. The van der Waals surface area contributed by atoms with Gasteiger partial charge in [0.15, 0.2) is 17.7 Å². The van der Waals surface area contributed by atoms with Crippen LogP contribution in [0.1, 0.15) is 25.8 Å². The van der Waals surface area contributed by atoms with E-state index in [1.165, 1.54) is 0 Å². The van der Waals surface area contributed by atoms with Crippen LogP contribution in [0.3, 0.4) is 0 Å². The summed E-state index contributed by atoms with van der Waals surface area (Å²) in [6.07, 6.45) is 0.0207. The van der Waals surface area contributed by atoms with Gasteiger partial charge in [0.25, 0.3) is 0 Å². The molecule has 0 spiro atoms. The number of fused-ring (bicyclic) bond motifs is 2. The predicted octanol–water partition coefficient (Wildman–Crippen LogP) is 2.40. The maximum atomic E-state index is 10.4. The Kier molecular flexibility index (Phi) is 4.13. The highest BCUT2D eigenvalue weighted by Crippen LogP contribution is 2.51. The molecule has 24 heavy (non-hydrogen) atoms. The van der Waals surface area contributed by atoms with Crippen LogP contribution in [0.25, 0.3) is 5.76 Å². The molecule has 2 aliphatic heterocycles. The van der Waals surface area contributed by atoms with E-state index in [1.54, 1.807) is 35.2 Å². The number of methoxy groups -OCH3 is 3. The summed E-state index contributed by atoms with van der Waals surface area (Å²) in [5.74, 6) is 2.07. The summed E-state index contributed by atoms with van der Waals surface area (Å²) in [6, 6.07) is 3.83. The second-order valence-corrected chi connectivity index (χ2v) is 6.70. The Hall–Kier alpha value is -1.92. The molecule has 1 fully saturated rings. The van der Waals surface area contributed by atoms with Crippen molar-refractivity contribution < 1.29 is 24.1 Å². The molecule has 0 radical (unpaired) electrons. The molecule has 2 heterocycles. The molecule has 0 amide bonds. The minimum Gasteiger partial charge on any atom is -0.496 e. The number of benzene rings is 1. The summed E-state index contributed by atoms with van der Waals surface area (Å²) in [7, 11) is 6.84. The Morgan fingerprint density at radius 2 is 1.88 bits per heavy atom. The normalized spacial score (nSPS) is 23.0. The number of hydrogen-bond donors (Lipinski definition) is 1. The molecule has 0 aromatic heterocycles. The lowest BCUT2D eigenvalue weighted by Crippen LogP contribution is -2.40. The summed E-state index contributed by atoms with van der Waals surface area (Å²) < 4.78 is 22.9. The molecule has 0 aliphatic carbocycles. The fourth-order valence-electron chi connectivity index (χ4n) is 3.51. The summed E-state index contributed by atoms with van der Waals surface area (Å²) in [6.45, 7) is 3.53. The molecular formula is C18H25NO5. The van der Waals surface area contributed by atoms with E-state index in [2.05, 4.69) is 0 Å². The second-order valence-electron chi connectivity index (χ2n) is 6.70. The van der Waals surface area contributed by atoms with Crippen molar-refractivity contribution in [3.63, 3.8) is 0 Å². The van der Waals surface area contributed by atoms with Crippen LogP contribution in [-0.2, 0) is 9.47 Å². The molecule has 0 saturated carbocycles. The van der Waals surface area contributed by atoms with Crippen molar-refractivity contribution in [1.29, 1.82) is 0 Å². The van der Waals surface area contributed by atoms with E-state index in [1.807, 2.05) is 24.1 Å². The molecule has 1 aromatic rings. The molecule has 2 atom stereocenters. The maximum Gasteiger partial charge on any atom is 0.185 e. The lowest BCUT2D eigenvalue weighted by molar-refractivity contribution is -0.0808. The standard InChI is InChI=1S/C18H25NO5/c1-18(2,20)13-9-11-15(22-5)10-7-8-12(21-4)16(23-6)14(10)19(3)17(11)24-13/h7-8,13,17,20H,9H2,1-6H3. The van der Waals surface area contributed by atoms with Gasteiger partial charge in [0.05, 0.1) is 38.7 Å². The highest BCUT2D eigenvalue weighted by Gasteiger charge is 2.46. The fraction of sp³-hybridized carbons (Fsp3) is 0.556. The van der Waals surface area contributed by atoms with Crippen molar-refractivity contribution in [2.45, 2.75) is 38.2 Å². The van der Waals surface area contributed by atoms with Crippen LogP contribution in [0.2, 0.25) is 0 Å². The molecule has 1 aromatic carbocycles. The minimum absolute atomic E-state index is 0.299. The van der Waals surface area contributed by atoms with E-state index in [0.717, 1.165) is 22.6 Å². The zero-order chi connectivity index (χ0) is 17.6. The molecule has 2 unspecified atom stereocenters. The Labute approximate surface area is 142 Å². The Balaban J connectivity index is 2.16. The van der Waals surface area contributed by atoms with Crippen LogP contribution >= 0.6 is 0 Å². The van der Waals surface area contributed by atoms with Gasteiger partial charge < -0.3 is 29.0 Å². The first-order valence-corrected chi connectivity index (χ1v) is 7.96. The number of rotatable bonds is 4. The van der Waals surface area contributed by atoms with Crippen molar-refractivity contribution in [3.05, 3.63) is 23.3 Å². The SMILES string of the molecule is COC1=C2CC(C(C)(C)O)OC2N(C)c2c1ccc(OC)c2OC. The van der Waals surface area contributed by atoms with E-state index < -0.39 is 5.60 Å². The zero-order valence-electron chi connectivity index (χ0n) is 15.0. The Bertz CT molecular complexity index is 677. The van der Waals surface area contributed by atoms with Crippen LogP contribution in [-0.4, -0.2) is 51.4 Å². The van der Waals surface area contributed by atoms with Crippen molar-refractivity contribution >= 4 is 11.4 Å². The van der Waals surface area contributed by atoms with Crippen molar-refractivity contribution in [2.75, 3.05) is 33.3 Å². The van der Waals surface area contributed by atoms with E-state index in [4.69, 9.17) is 18.9 Å². The number of anilines is 1. The quantitative estimate of drug-likeness (QED) is 0.912. The Morgan fingerprint density at radius 1 is 1.17 bits per heavy atom. The maximum absolute atomic E-state index is 10.4. The second kappa shape index (κ2) is 5.86. The lowest BCUT2D eigenvalue weighted by Gasteiger charge is -2.36. The average Bonchev–Trinajstić information content (AvgIpc) is 3.00. The summed E-state index contributed by atoms with van der Waals surface area (Å²) >= 11 is 0. The van der Waals surface area contributed by atoms with Gasteiger partial charge in [0.1, 0.15) is 5.76 Å². The van der Waals surface area contributed by atoms with E-state index in [9.17, 15) is 5.11 Å². The molecule has 6 nitrogen and oxygen atoms in total. The van der Waals surface area contributed by atoms with Gasteiger partial charge in [0.2, 0.25) is 0 Å². The smallest absolute Gasteiger partial charge is 0.185 e. The molecular weight excluding hydrogens is 310 g/mol. The molecule has 1 N–H and O–H groups in total. The van der Waals surface area contributed by atoms with Crippen LogP contribution < -0.4 is 14.4 Å². The van der Waals surface area contributed by atoms with Gasteiger partial charge in [-0.15, -0.1) is 0 Å². The number of aliphatic hydroxyl groups is 1.